The smallest absolute Gasteiger partial charge is 0.311 e. The molecule has 1 saturated heterocycles. The highest BCUT2D eigenvalue weighted by molar-refractivity contribution is 7.07. The highest BCUT2D eigenvalue weighted by Crippen LogP contribution is 2.38. The highest BCUT2D eigenvalue weighted by Gasteiger charge is 2.48. The molecule has 0 radical (unpaired) electrons. The number of hydrogen-bond donors (Lipinski definition) is 1. The first-order valence-electron chi connectivity index (χ1n) is 5.77. The first-order chi connectivity index (χ1) is 8.47. The summed E-state index contributed by atoms with van der Waals surface area (Å²) in [7, 11) is 0. The average Bonchev–Trinajstić information content (AvgIpc) is 2.98. The Labute approximate surface area is 109 Å². The van der Waals surface area contributed by atoms with Crippen molar-refractivity contribution in [2.45, 2.75) is 20.3 Å². The van der Waals surface area contributed by atoms with E-state index in [4.69, 9.17) is 0 Å². The van der Waals surface area contributed by atoms with Gasteiger partial charge in [-0.15, -0.1) is 5.10 Å². The Hall–Kier alpha value is -1.50. The summed E-state index contributed by atoms with van der Waals surface area (Å²) in [5, 5.41) is 13.0. The molecule has 0 aromatic carbocycles. The van der Waals surface area contributed by atoms with E-state index in [0.717, 1.165) is 11.5 Å². The van der Waals surface area contributed by atoms with Crippen LogP contribution in [0, 0.1) is 11.3 Å². The summed E-state index contributed by atoms with van der Waals surface area (Å²) in [6.45, 7) is 4.50. The molecule has 1 aliphatic rings. The van der Waals surface area contributed by atoms with E-state index in [1.54, 1.807) is 4.90 Å². The number of nitrogens with zero attached hydrogens (tertiary/aromatic N) is 3. The highest BCUT2D eigenvalue weighted by atomic mass is 32.1. The lowest BCUT2D eigenvalue weighted by Crippen LogP contribution is -2.40. The third kappa shape index (κ3) is 1.98. The van der Waals surface area contributed by atoms with Gasteiger partial charge in [-0.2, -0.15) is 0 Å². The molecule has 98 valence electrons. The van der Waals surface area contributed by atoms with Gasteiger partial charge in [-0.1, -0.05) is 18.3 Å². The Bertz CT molecular complexity index is 460. The van der Waals surface area contributed by atoms with E-state index in [0.29, 0.717) is 17.8 Å². The van der Waals surface area contributed by atoms with Crippen LogP contribution in [0.4, 0.5) is 0 Å². The molecule has 18 heavy (non-hydrogen) atoms. The summed E-state index contributed by atoms with van der Waals surface area (Å²) in [5.74, 6) is -1.00. The Morgan fingerprint density at radius 3 is 2.72 bits per heavy atom. The minimum absolute atomic E-state index is 0.00705. The Balaban J connectivity index is 2.17. The fraction of sp³-hybridized carbons (Fsp3) is 0.636. The molecule has 0 bridgehead atoms. The van der Waals surface area contributed by atoms with Crippen LogP contribution in [-0.4, -0.2) is 44.6 Å². The number of carbonyl (C=O) groups is 2. The van der Waals surface area contributed by atoms with E-state index < -0.39 is 11.4 Å². The van der Waals surface area contributed by atoms with Crippen molar-refractivity contribution in [2.24, 2.45) is 11.3 Å². The largest absolute Gasteiger partial charge is 0.481 e. The van der Waals surface area contributed by atoms with Crippen LogP contribution in [0.25, 0.3) is 0 Å². The van der Waals surface area contributed by atoms with Crippen LogP contribution in [0.3, 0.4) is 0 Å². The van der Waals surface area contributed by atoms with Gasteiger partial charge < -0.3 is 10.0 Å². The quantitative estimate of drug-likeness (QED) is 0.888. The number of hydrogen-bond acceptors (Lipinski definition) is 5. The number of carboxylic acids is 1. The number of carboxylic acid groups (broad SMARTS) is 1. The SMILES string of the molecule is CC(C)C1(C(=O)O)CCN(C(=O)c2cnns2)C1. The van der Waals surface area contributed by atoms with Gasteiger partial charge in [0.15, 0.2) is 0 Å². The van der Waals surface area contributed by atoms with E-state index in [2.05, 4.69) is 9.59 Å². The van der Waals surface area contributed by atoms with Gasteiger partial charge >= 0.3 is 5.97 Å². The summed E-state index contributed by atoms with van der Waals surface area (Å²) < 4.78 is 3.65. The van der Waals surface area contributed by atoms with Gasteiger partial charge in [0, 0.05) is 13.1 Å². The van der Waals surface area contributed by atoms with Crippen molar-refractivity contribution in [3.05, 3.63) is 11.1 Å². The minimum Gasteiger partial charge on any atom is -0.481 e. The molecule has 1 amide bonds. The first kappa shape index (κ1) is 12.9. The van der Waals surface area contributed by atoms with Gasteiger partial charge in [-0.25, -0.2) is 0 Å². The van der Waals surface area contributed by atoms with Crippen LogP contribution < -0.4 is 0 Å². The van der Waals surface area contributed by atoms with E-state index in [1.165, 1.54) is 6.20 Å². The molecule has 1 N–H and O–H groups in total. The van der Waals surface area contributed by atoms with Crippen LogP contribution in [0.1, 0.15) is 29.9 Å². The Morgan fingerprint density at radius 2 is 2.28 bits per heavy atom. The maximum absolute atomic E-state index is 12.1. The molecule has 1 unspecified atom stereocenters. The second-order valence-electron chi connectivity index (χ2n) is 4.87. The first-order valence-corrected chi connectivity index (χ1v) is 6.55. The molecule has 1 aromatic heterocycles. The van der Waals surface area contributed by atoms with Crippen LogP contribution in [0.15, 0.2) is 6.20 Å². The summed E-state index contributed by atoms with van der Waals surface area (Å²) in [6, 6.07) is 0. The van der Waals surface area contributed by atoms with E-state index in [-0.39, 0.29) is 18.4 Å². The lowest BCUT2D eigenvalue weighted by molar-refractivity contribution is -0.150. The molecule has 1 fully saturated rings. The molecule has 1 aromatic rings. The van der Waals surface area contributed by atoms with Crippen molar-refractivity contribution in [3.63, 3.8) is 0 Å². The van der Waals surface area contributed by atoms with Crippen molar-refractivity contribution in [3.8, 4) is 0 Å². The van der Waals surface area contributed by atoms with Crippen molar-refractivity contribution < 1.29 is 14.7 Å². The second-order valence-corrected chi connectivity index (χ2v) is 5.66. The van der Waals surface area contributed by atoms with Crippen LogP contribution in [-0.2, 0) is 4.79 Å². The number of aromatic nitrogens is 2. The fourth-order valence-electron chi connectivity index (χ4n) is 2.32. The molecule has 0 saturated carbocycles. The molecule has 2 heterocycles. The summed E-state index contributed by atoms with van der Waals surface area (Å²) in [4.78, 5) is 25.6. The van der Waals surface area contributed by atoms with Crippen molar-refractivity contribution in [2.75, 3.05) is 13.1 Å². The Kier molecular flexibility index (Phi) is 3.34. The van der Waals surface area contributed by atoms with Gasteiger partial charge in [-0.05, 0) is 23.9 Å². The maximum Gasteiger partial charge on any atom is 0.311 e. The van der Waals surface area contributed by atoms with Gasteiger partial charge in [0.1, 0.15) is 4.88 Å². The average molecular weight is 269 g/mol. The predicted molar refractivity (Wildman–Crippen MR) is 65.3 cm³/mol. The van der Waals surface area contributed by atoms with Crippen molar-refractivity contribution in [1.29, 1.82) is 0 Å². The van der Waals surface area contributed by atoms with Crippen LogP contribution in [0.2, 0.25) is 0 Å². The normalized spacial score (nSPS) is 23.6. The third-order valence-corrected chi connectivity index (χ3v) is 4.34. The number of amides is 1. The number of rotatable bonds is 3. The second kappa shape index (κ2) is 4.64. The van der Waals surface area contributed by atoms with E-state index >= 15 is 0 Å². The molecular formula is C11H15N3O3S. The van der Waals surface area contributed by atoms with Gasteiger partial charge in [0.2, 0.25) is 0 Å². The molecule has 6 nitrogen and oxygen atoms in total. The van der Waals surface area contributed by atoms with Crippen LogP contribution >= 0.6 is 11.5 Å². The molecule has 1 atom stereocenters. The molecule has 7 heteroatoms. The minimum atomic E-state index is -0.826. The molecule has 1 aliphatic heterocycles. The van der Waals surface area contributed by atoms with Gasteiger partial charge in [0.25, 0.3) is 5.91 Å². The van der Waals surface area contributed by atoms with Crippen LogP contribution in [0.5, 0.6) is 0 Å². The number of aliphatic carboxylic acids is 1. The van der Waals surface area contributed by atoms with E-state index in [1.807, 2.05) is 13.8 Å². The third-order valence-electron chi connectivity index (χ3n) is 3.69. The monoisotopic (exact) mass is 269 g/mol. The molecule has 0 spiro atoms. The van der Waals surface area contributed by atoms with Crippen molar-refractivity contribution in [1.82, 2.24) is 14.5 Å². The topological polar surface area (TPSA) is 83.4 Å². The molecule has 0 aliphatic carbocycles. The zero-order valence-corrected chi connectivity index (χ0v) is 11.1. The predicted octanol–water partition coefficient (Wildman–Crippen LogP) is 1.11. The van der Waals surface area contributed by atoms with Crippen molar-refractivity contribution >= 4 is 23.4 Å². The maximum atomic E-state index is 12.1. The van der Waals surface area contributed by atoms with E-state index in [9.17, 15) is 14.7 Å². The summed E-state index contributed by atoms with van der Waals surface area (Å²) >= 11 is 1.04. The zero-order valence-electron chi connectivity index (χ0n) is 10.3. The lowest BCUT2D eigenvalue weighted by Gasteiger charge is -2.28. The number of likely N-dealkylation sites (tertiary alicyclic amines) is 1. The zero-order chi connectivity index (χ0) is 13.3. The summed E-state index contributed by atoms with van der Waals surface area (Å²) in [6.07, 6.45) is 1.92. The van der Waals surface area contributed by atoms with Gasteiger partial charge in [-0.3, -0.25) is 9.59 Å². The standard InChI is InChI=1S/C11H15N3O3S/c1-7(2)11(10(16)17)3-4-14(6-11)9(15)8-5-12-13-18-8/h5,7H,3-4,6H2,1-2H3,(H,16,17). The fourth-order valence-corrected chi connectivity index (χ4v) is 2.80. The number of carbonyl (C=O) groups excluding carboxylic acids is 1. The Morgan fingerprint density at radius 1 is 1.56 bits per heavy atom. The van der Waals surface area contributed by atoms with Gasteiger partial charge in [0.05, 0.1) is 11.6 Å². The summed E-state index contributed by atoms with van der Waals surface area (Å²) in [5.41, 5.74) is -0.826. The molecular weight excluding hydrogens is 254 g/mol. The lowest BCUT2D eigenvalue weighted by atomic mass is 9.76. The molecule has 2 rings (SSSR count).